The second-order valence-corrected chi connectivity index (χ2v) is 5.41. The highest BCUT2D eigenvalue weighted by Crippen LogP contribution is 2.38. The minimum absolute atomic E-state index is 0.386. The predicted molar refractivity (Wildman–Crippen MR) is 96.5 cm³/mol. The monoisotopic (exact) mass is 341 g/mol. The van der Waals surface area contributed by atoms with E-state index in [1.54, 1.807) is 28.4 Å². The molecule has 0 aliphatic heterocycles. The molecule has 2 aromatic carbocycles. The molecule has 3 aromatic rings. The van der Waals surface area contributed by atoms with Gasteiger partial charge in [0.15, 0.2) is 17.1 Å². The van der Waals surface area contributed by atoms with Gasteiger partial charge >= 0.3 is 5.76 Å². The fourth-order valence-corrected chi connectivity index (χ4v) is 2.69. The highest BCUT2D eigenvalue weighted by atomic mass is 16.5. The SMILES string of the molecule is COc1cc(/C=C\c2cccc3c2oc(=O)n3C)cc(OC)c1OC. The lowest BCUT2D eigenvalue weighted by Crippen LogP contribution is -2.08. The van der Waals surface area contributed by atoms with Crippen LogP contribution in [0.25, 0.3) is 23.3 Å². The fourth-order valence-electron chi connectivity index (χ4n) is 2.69. The summed E-state index contributed by atoms with van der Waals surface area (Å²) in [6.07, 6.45) is 3.78. The molecule has 0 amide bonds. The van der Waals surface area contributed by atoms with Gasteiger partial charge in [-0.3, -0.25) is 4.57 Å². The van der Waals surface area contributed by atoms with Crippen molar-refractivity contribution in [2.24, 2.45) is 7.05 Å². The summed E-state index contributed by atoms with van der Waals surface area (Å²) in [4.78, 5) is 11.7. The third kappa shape index (κ3) is 2.98. The average molecular weight is 341 g/mol. The van der Waals surface area contributed by atoms with Crippen LogP contribution in [0.3, 0.4) is 0 Å². The van der Waals surface area contributed by atoms with E-state index >= 15 is 0 Å². The normalized spacial score (nSPS) is 11.2. The van der Waals surface area contributed by atoms with E-state index in [1.807, 2.05) is 42.5 Å². The third-order valence-corrected chi connectivity index (χ3v) is 3.99. The summed E-state index contributed by atoms with van der Waals surface area (Å²) in [5.74, 6) is 1.30. The summed E-state index contributed by atoms with van der Waals surface area (Å²) < 4.78 is 22.8. The van der Waals surface area contributed by atoms with Crippen molar-refractivity contribution in [3.8, 4) is 17.2 Å². The molecule has 0 saturated heterocycles. The number of oxazole rings is 1. The van der Waals surface area contributed by atoms with Gasteiger partial charge in [0.2, 0.25) is 5.75 Å². The molecule has 0 spiro atoms. The van der Waals surface area contributed by atoms with Crippen LogP contribution in [0.2, 0.25) is 0 Å². The number of benzene rings is 2. The molecule has 6 nitrogen and oxygen atoms in total. The topological polar surface area (TPSA) is 62.8 Å². The first-order valence-electron chi connectivity index (χ1n) is 7.65. The molecule has 0 N–H and O–H groups in total. The van der Waals surface area contributed by atoms with Gasteiger partial charge in [-0.25, -0.2) is 4.79 Å². The smallest absolute Gasteiger partial charge is 0.419 e. The molecule has 0 bridgehead atoms. The van der Waals surface area contributed by atoms with Crippen molar-refractivity contribution in [1.29, 1.82) is 0 Å². The van der Waals surface area contributed by atoms with Gasteiger partial charge in [-0.1, -0.05) is 24.3 Å². The maximum atomic E-state index is 11.7. The number of aromatic nitrogens is 1. The summed E-state index contributed by atoms with van der Waals surface area (Å²) in [5.41, 5.74) is 2.98. The molecule has 25 heavy (non-hydrogen) atoms. The minimum atomic E-state index is -0.386. The van der Waals surface area contributed by atoms with Gasteiger partial charge in [-0.2, -0.15) is 0 Å². The number of para-hydroxylation sites is 1. The number of ether oxygens (including phenoxy) is 3. The highest BCUT2D eigenvalue weighted by Gasteiger charge is 2.12. The van der Waals surface area contributed by atoms with Crippen molar-refractivity contribution in [2.75, 3.05) is 21.3 Å². The Bertz CT molecular complexity index is 972. The Hall–Kier alpha value is -3.15. The van der Waals surface area contributed by atoms with Crippen LogP contribution in [0.1, 0.15) is 11.1 Å². The Labute approximate surface area is 144 Å². The standard InChI is InChI=1S/C19H19NO5/c1-20-14-7-5-6-13(17(14)25-19(20)21)9-8-12-10-15(22-2)18(24-4)16(11-12)23-3/h5-11H,1-4H3/b9-8-. The summed E-state index contributed by atoms with van der Waals surface area (Å²) in [5, 5.41) is 0. The number of methoxy groups -OCH3 is 3. The van der Waals surface area contributed by atoms with E-state index in [0.717, 1.165) is 16.6 Å². The van der Waals surface area contributed by atoms with Crippen molar-refractivity contribution in [3.63, 3.8) is 0 Å². The lowest BCUT2D eigenvalue weighted by atomic mass is 10.1. The Morgan fingerprint density at radius 2 is 1.68 bits per heavy atom. The molecule has 0 saturated carbocycles. The lowest BCUT2D eigenvalue weighted by Gasteiger charge is -2.12. The van der Waals surface area contributed by atoms with E-state index in [0.29, 0.717) is 22.8 Å². The average Bonchev–Trinajstić information content (AvgIpc) is 2.93. The van der Waals surface area contributed by atoms with Crippen molar-refractivity contribution in [2.45, 2.75) is 0 Å². The van der Waals surface area contributed by atoms with Crippen molar-refractivity contribution < 1.29 is 18.6 Å². The number of fused-ring (bicyclic) bond motifs is 1. The second kappa shape index (κ2) is 6.76. The molecule has 1 aromatic heterocycles. The molecule has 6 heteroatoms. The first-order valence-corrected chi connectivity index (χ1v) is 7.65. The fraction of sp³-hybridized carbons (Fsp3) is 0.211. The maximum Gasteiger partial charge on any atom is 0.419 e. The van der Waals surface area contributed by atoms with Gasteiger partial charge in [0.05, 0.1) is 26.8 Å². The number of nitrogens with zero attached hydrogens (tertiary/aromatic N) is 1. The third-order valence-electron chi connectivity index (χ3n) is 3.99. The van der Waals surface area contributed by atoms with Crippen LogP contribution >= 0.6 is 0 Å². The maximum absolute atomic E-state index is 11.7. The number of hydrogen-bond donors (Lipinski definition) is 0. The molecule has 3 rings (SSSR count). The zero-order valence-electron chi connectivity index (χ0n) is 14.5. The van der Waals surface area contributed by atoms with E-state index < -0.39 is 0 Å². The molecule has 130 valence electrons. The van der Waals surface area contributed by atoms with Crippen LogP contribution in [0.4, 0.5) is 0 Å². The quantitative estimate of drug-likeness (QED) is 0.666. The van der Waals surface area contributed by atoms with Crippen LogP contribution in [0.15, 0.2) is 39.5 Å². The first-order chi connectivity index (χ1) is 12.1. The molecule has 0 aliphatic carbocycles. The summed E-state index contributed by atoms with van der Waals surface area (Å²) >= 11 is 0. The minimum Gasteiger partial charge on any atom is -0.493 e. The molecular formula is C19H19NO5. The number of rotatable bonds is 5. The largest absolute Gasteiger partial charge is 0.493 e. The molecule has 0 radical (unpaired) electrons. The Morgan fingerprint density at radius 1 is 1.00 bits per heavy atom. The molecule has 0 unspecified atom stereocenters. The molecule has 0 atom stereocenters. The second-order valence-electron chi connectivity index (χ2n) is 5.41. The van der Waals surface area contributed by atoms with Gasteiger partial charge in [-0.05, 0) is 23.8 Å². The van der Waals surface area contributed by atoms with E-state index in [-0.39, 0.29) is 5.76 Å². The van der Waals surface area contributed by atoms with Gasteiger partial charge in [0, 0.05) is 12.6 Å². The van der Waals surface area contributed by atoms with Gasteiger partial charge in [0.25, 0.3) is 0 Å². The van der Waals surface area contributed by atoms with Gasteiger partial charge < -0.3 is 18.6 Å². The van der Waals surface area contributed by atoms with Crippen LogP contribution in [0, 0.1) is 0 Å². The van der Waals surface area contributed by atoms with Crippen molar-refractivity contribution >= 4 is 23.3 Å². The van der Waals surface area contributed by atoms with E-state index in [2.05, 4.69) is 0 Å². The summed E-state index contributed by atoms with van der Waals surface area (Å²) in [6, 6.07) is 9.31. The molecule has 0 fully saturated rings. The van der Waals surface area contributed by atoms with Gasteiger partial charge in [-0.15, -0.1) is 0 Å². The zero-order valence-corrected chi connectivity index (χ0v) is 14.5. The van der Waals surface area contributed by atoms with Crippen molar-refractivity contribution in [3.05, 3.63) is 52.0 Å². The van der Waals surface area contributed by atoms with E-state index in [9.17, 15) is 4.79 Å². The first kappa shape index (κ1) is 16.7. The molecule has 0 aliphatic rings. The van der Waals surface area contributed by atoms with Crippen LogP contribution in [-0.4, -0.2) is 25.9 Å². The van der Waals surface area contributed by atoms with Crippen LogP contribution < -0.4 is 20.0 Å². The Kier molecular flexibility index (Phi) is 4.52. The Morgan fingerprint density at radius 3 is 2.28 bits per heavy atom. The Balaban J connectivity index is 2.06. The summed E-state index contributed by atoms with van der Waals surface area (Å²) in [7, 11) is 6.39. The molecular weight excluding hydrogens is 322 g/mol. The van der Waals surface area contributed by atoms with Crippen LogP contribution in [0.5, 0.6) is 17.2 Å². The summed E-state index contributed by atoms with van der Waals surface area (Å²) in [6.45, 7) is 0. The highest BCUT2D eigenvalue weighted by molar-refractivity contribution is 5.87. The number of aryl methyl sites for hydroxylation is 1. The number of hydrogen-bond acceptors (Lipinski definition) is 5. The van der Waals surface area contributed by atoms with Crippen LogP contribution in [-0.2, 0) is 7.05 Å². The predicted octanol–water partition coefficient (Wildman–Crippen LogP) is 3.33. The van der Waals surface area contributed by atoms with E-state index in [1.165, 1.54) is 4.57 Å². The van der Waals surface area contributed by atoms with Crippen molar-refractivity contribution in [1.82, 2.24) is 4.57 Å². The lowest BCUT2D eigenvalue weighted by molar-refractivity contribution is 0.324. The van der Waals surface area contributed by atoms with Gasteiger partial charge in [0.1, 0.15) is 0 Å². The van der Waals surface area contributed by atoms with E-state index in [4.69, 9.17) is 18.6 Å². The zero-order chi connectivity index (χ0) is 18.0. The molecule has 1 heterocycles.